The Labute approximate surface area is 110 Å². The maximum Gasteiger partial charge on any atom is 0.175 e. The van der Waals surface area contributed by atoms with E-state index < -0.39 is 9.84 Å². The van der Waals surface area contributed by atoms with E-state index >= 15 is 0 Å². The molecular weight excluding hydrogens is 246 g/mol. The quantitative estimate of drug-likeness (QED) is 0.806. The minimum atomic E-state index is -3.13. The third kappa shape index (κ3) is 3.96. The molecule has 1 aromatic carbocycles. The van der Waals surface area contributed by atoms with E-state index in [1.807, 2.05) is 19.1 Å². The van der Waals surface area contributed by atoms with E-state index in [0.29, 0.717) is 4.90 Å². The third-order valence-electron chi connectivity index (χ3n) is 2.73. The SMILES string of the molecule is C=C(C)C(NCCC)c1ccc(S(C)(=O)=O)cc1. The van der Waals surface area contributed by atoms with Crippen molar-refractivity contribution in [3.8, 4) is 0 Å². The number of nitrogens with one attached hydrogen (secondary N) is 1. The van der Waals surface area contributed by atoms with Crippen molar-refractivity contribution in [2.45, 2.75) is 31.2 Å². The molecule has 0 radical (unpaired) electrons. The molecule has 100 valence electrons. The number of sulfone groups is 1. The lowest BCUT2D eigenvalue weighted by Crippen LogP contribution is -2.22. The zero-order chi connectivity index (χ0) is 13.8. The van der Waals surface area contributed by atoms with Gasteiger partial charge in [0.25, 0.3) is 0 Å². The highest BCUT2D eigenvalue weighted by Gasteiger charge is 2.13. The molecule has 1 unspecified atom stereocenters. The molecule has 0 aliphatic heterocycles. The molecule has 0 spiro atoms. The molecule has 4 heteroatoms. The van der Waals surface area contributed by atoms with E-state index in [1.165, 1.54) is 6.26 Å². The zero-order valence-electron chi connectivity index (χ0n) is 11.2. The first-order valence-electron chi connectivity index (χ1n) is 6.05. The highest BCUT2D eigenvalue weighted by molar-refractivity contribution is 7.90. The Bertz CT molecular complexity index is 503. The predicted molar refractivity (Wildman–Crippen MR) is 75.4 cm³/mol. The Hall–Kier alpha value is -1.13. The van der Waals surface area contributed by atoms with Crippen molar-refractivity contribution >= 4 is 9.84 Å². The van der Waals surface area contributed by atoms with Crippen LogP contribution in [-0.4, -0.2) is 21.2 Å². The molecule has 3 nitrogen and oxygen atoms in total. The number of benzene rings is 1. The van der Waals surface area contributed by atoms with Gasteiger partial charge in [-0.1, -0.05) is 31.2 Å². The largest absolute Gasteiger partial charge is 0.307 e. The van der Waals surface area contributed by atoms with Gasteiger partial charge in [0.2, 0.25) is 0 Å². The molecule has 0 fully saturated rings. The summed E-state index contributed by atoms with van der Waals surface area (Å²) in [7, 11) is -3.13. The van der Waals surface area contributed by atoms with Crippen LogP contribution in [0.2, 0.25) is 0 Å². The van der Waals surface area contributed by atoms with E-state index in [0.717, 1.165) is 24.1 Å². The van der Waals surface area contributed by atoms with Crippen molar-refractivity contribution < 1.29 is 8.42 Å². The number of rotatable bonds is 6. The average Bonchev–Trinajstić information content (AvgIpc) is 2.28. The minimum absolute atomic E-state index is 0.0820. The summed E-state index contributed by atoms with van der Waals surface area (Å²) in [6, 6.07) is 7.07. The van der Waals surface area contributed by atoms with Crippen LogP contribution in [0.1, 0.15) is 31.9 Å². The second-order valence-corrected chi connectivity index (χ2v) is 6.59. The summed E-state index contributed by atoms with van der Waals surface area (Å²) in [4.78, 5) is 0.349. The van der Waals surface area contributed by atoms with Gasteiger partial charge in [-0.15, -0.1) is 0 Å². The van der Waals surface area contributed by atoms with Crippen molar-refractivity contribution in [1.82, 2.24) is 5.32 Å². The molecule has 1 N–H and O–H groups in total. The Morgan fingerprint density at radius 1 is 1.33 bits per heavy atom. The summed E-state index contributed by atoms with van der Waals surface area (Å²) in [6.07, 6.45) is 2.26. The first kappa shape index (κ1) is 14.9. The lowest BCUT2D eigenvalue weighted by molar-refractivity contribution is 0.590. The predicted octanol–water partition coefficient (Wildman–Crippen LogP) is 2.71. The van der Waals surface area contributed by atoms with Crippen LogP contribution in [0.5, 0.6) is 0 Å². The molecule has 0 aliphatic carbocycles. The van der Waals surface area contributed by atoms with Crippen LogP contribution in [0.15, 0.2) is 41.3 Å². The van der Waals surface area contributed by atoms with Gasteiger partial charge in [0.05, 0.1) is 10.9 Å². The van der Waals surface area contributed by atoms with Crippen molar-refractivity contribution in [3.05, 3.63) is 42.0 Å². The first-order valence-corrected chi connectivity index (χ1v) is 7.94. The second-order valence-electron chi connectivity index (χ2n) is 4.57. The maximum atomic E-state index is 11.4. The van der Waals surface area contributed by atoms with Crippen LogP contribution in [0.3, 0.4) is 0 Å². The highest BCUT2D eigenvalue weighted by Crippen LogP contribution is 2.21. The fraction of sp³-hybridized carbons (Fsp3) is 0.429. The molecule has 0 aromatic heterocycles. The topological polar surface area (TPSA) is 46.2 Å². The van der Waals surface area contributed by atoms with Crippen LogP contribution in [0.25, 0.3) is 0 Å². The lowest BCUT2D eigenvalue weighted by atomic mass is 10.0. The normalized spacial score (nSPS) is 13.3. The van der Waals surface area contributed by atoms with Crippen molar-refractivity contribution in [2.24, 2.45) is 0 Å². The summed E-state index contributed by atoms with van der Waals surface area (Å²) in [5, 5.41) is 3.39. The molecule has 18 heavy (non-hydrogen) atoms. The van der Waals surface area contributed by atoms with Gasteiger partial charge in [-0.25, -0.2) is 8.42 Å². The van der Waals surface area contributed by atoms with Crippen LogP contribution in [0, 0.1) is 0 Å². The van der Waals surface area contributed by atoms with Gasteiger partial charge in [0.1, 0.15) is 0 Å². The molecule has 0 saturated heterocycles. The summed E-state index contributed by atoms with van der Waals surface area (Å²) in [5.74, 6) is 0. The lowest BCUT2D eigenvalue weighted by Gasteiger charge is -2.19. The van der Waals surface area contributed by atoms with E-state index in [2.05, 4.69) is 18.8 Å². The first-order chi connectivity index (χ1) is 8.36. The van der Waals surface area contributed by atoms with Crippen molar-refractivity contribution in [3.63, 3.8) is 0 Å². The van der Waals surface area contributed by atoms with Crippen LogP contribution < -0.4 is 5.32 Å². The summed E-state index contributed by atoms with van der Waals surface area (Å²) >= 11 is 0. The van der Waals surface area contributed by atoms with Gasteiger partial charge >= 0.3 is 0 Å². The van der Waals surface area contributed by atoms with E-state index in [1.54, 1.807) is 12.1 Å². The molecule has 0 heterocycles. The average molecular weight is 267 g/mol. The molecule has 1 aromatic rings. The van der Waals surface area contributed by atoms with Crippen molar-refractivity contribution in [2.75, 3.05) is 12.8 Å². The van der Waals surface area contributed by atoms with Gasteiger partial charge in [-0.05, 0) is 37.6 Å². The summed E-state index contributed by atoms with van der Waals surface area (Å²) in [6.45, 7) is 8.96. The monoisotopic (exact) mass is 267 g/mol. The minimum Gasteiger partial charge on any atom is -0.307 e. The number of hydrogen-bond donors (Lipinski definition) is 1. The molecule has 1 rings (SSSR count). The standard InChI is InChI=1S/C14H21NO2S/c1-5-10-15-14(11(2)3)12-6-8-13(9-7-12)18(4,16)17/h6-9,14-15H,2,5,10H2,1,3-4H3. The highest BCUT2D eigenvalue weighted by atomic mass is 32.2. The van der Waals surface area contributed by atoms with Crippen LogP contribution >= 0.6 is 0 Å². The fourth-order valence-electron chi connectivity index (χ4n) is 1.77. The van der Waals surface area contributed by atoms with Gasteiger partial charge in [-0.3, -0.25) is 0 Å². The van der Waals surface area contributed by atoms with Crippen molar-refractivity contribution in [1.29, 1.82) is 0 Å². The van der Waals surface area contributed by atoms with E-state index in [9.17, 15) is 8.42 Å². The molecular formula is C14H21NO2S. The van der Waals surface area contributed by atoms with Gasteiger partial charge in [0, 0.05) is 6.26 Å². The molecule has 0 saturated carbocycles. The Balaban J connectivity index is 2.97. The van der Waals surface area contributed by atoms with Gasteiger partial charge in [0.15, 0.2) is 9.84 Å². The van der Waals surface area contributed by atoms with E-state index in [4.69, 9.17) is 0 Å². The third-order valence-corrected chi connectivity index (χ3v) is 3.86. The van der Waals surface area contributed by atoms with Crippen LogP contribution in [0.4, 0.5) is 0 Å². The van der Waals surface area contributed by atoms with E-state index in [-0.39, 0.29) is 6.04 Å². The second kappa shape index (κ2) is 6.16. The smallest absolute Gasteiger partial charge is 0.175 e. The maximum absolute atomic E-state index is 11.4. The molecule has 0 aliphatic rings. The molecule has 0 amide bonds. The Kier molecular flexibility index (Phi) is 5.11. The Morgan fingerprint density at radius 3 is 2.28 bits per heavy atom. The molecule has 1 atom stereocenters. The fourth-order valence-corrected chi connectivity index (χ4v) is 2.40. The van der Waals surface area contributed by atoms with Gasteiger partial charge < -0.3 is 5.32 Å². The summed E-state index contributed by atoms with van der Waals surface area (Å²) in [5.41, 5.74) is 2.07. The summed E-state index contributed by atoms with van der Waals surface area (Å²) < 4.78 is 22.8. The Morgan fingerprint density at radius 2 is 1.89 bits per heavy atom. The molecule has 0 bridgehead atoms. The number of hydrogen-bond acceptors (Lipinski definition) is 3. The van der Waals surface area contributed by atoms with Gasteiger partial charge in [-0.2, -0.15) is 0 Å². The van der Waals surface area contributed by atoms with Crippen LogP contribution in [-0.2, 0) is 9.84 Å². The zero-order valence-corrected chi connectivity index (χ0v) is 12.0.